The molecule has 0 spiro atoms. The van der Waals surface area contributed by atoms with Crippen molar-refractivity contribution in [2.24, 2.45) is 28.6 Å². The van der Waals surface area contributed by atoms with E-state index in [0.717, 1.165) is 38.5 Å². The highest BCUT2D eigenvalue weighted by Gasteiger charge is 2.61. The van der Waals surface area contributed by atoms with Crippen LogP contribution in [0.25, 0.3) is 0 Å². The molecule has 5 heteroatoms. The summed E-state index contributed by atoms with van der Waals surface area (Å²) in [5.74, 6) is -0.106. The molecule has 1 N–H and O–H groups in total. The van der Waals surface area contributed by atoms with Gasteiger partial charge in [0.15, 0.2) is 0 Å². The molecular weight excluding hydrogens is 316 g/mol. The lowest BCUT2D eigenvalue weighted by Crippen LogP contribution is -2.50. The lowest BCUT2D eigenvalue weighted by Gasteiger charge is -2.39. The molecule has 3 aliphatic carbocycles. The Morgan fingerprint density at radius 1 is 1.08 bits per heavy atom. The second kappa shape index (κ2) is 5.55. The lowest BCUT2D eigenvalue weighted by atomic mass is 9.69. The molecule has 0 radical (unpaired) electrons. The summed E-state index contributed by atoms with van der Waals surface area (Å²) in [4.78, 5) is 38.9. The number of fused-ring (bicyclic) bond motifs is 3. The number of amides is 3. The van der Waals surface area contributed by atoms with Crippen molar-refractivity contribution in [1.82, 2.24) is 10.2 Å². The zero-order valence-electron chi connectivity index (χ0n) is 15.6. The summed E-state index contributed by atoms with van der Waals surface area (Å²) < 4.78 is 0. The zero-order chi connectivity index (χ0) is 18.0. The van der Waals surface area contributed by atoms with Crippen molar-refractivity contribution in [2.75, 3.05) is 6.54 Å². The second-order valence-electron chi connectivity index (χ2n) is 9.49. The van der Waals surface area contributed by atoms with Crippen LogP contribution in [-0.4, -0.2) is 35.2 Å². The van der Waals surface area contributed by atoms with Crippen LogP contribution < -0.4 is 5.32 Å². The van der Waals surface area contributed by atoms with E-state index in [9.17, 15) is 14.4 Å². The third kappa shape index (κ3) is 2.30. The first-order valence-corrected chi connectivity index (χ1v) is 9.90. The quantitative estimate of drug-likeness (QED) is 0.799. The number of rotatable bonds is 3. The second-order valence-corrected chi connectivity index (χ2v) is 9.49. The van der Waals surface area contributed by atoms with Crippen LogP contribution in [0.2, 0.25) is 0 Å². The Bertz CT molecular complexity index is 604. The molecule has 25 heavy (non-hydrogen) atoms. The van der Waals surface area contributed by atoms with E-state index >= 15 is 0 Å². The first-order chi connectivity index (χ1) is 11.8. The largest absolute Gasteiger partial charge is 0.351 e. The van der Waals surface area contributed by atoms with Crippen LogP contribution in [0.1, 0.15) is 65.7 Å². The molecule has 5 atom stereocenters. The van der Waals surface area contributed by atoms with Gasteiger partial charge in [0.25, 0.3) is 0 Å². The van der Waals surface area contributed by atoms with Gasteiger partial charge in [0, 0.05) is 6.04 Å². The number of hydrogen-bond acceptors (Lipinski definition) is 3. The maximum absolute atomic E-state index is 12.6. The number of imide groups is 1. The molecule has 1 saturated heterocycles. The molecule has 3 saturated carbocycles. The minimum atomic E-state index is -0.173. The van der Waals surface area contributed by atoms with Gasteiger partial charge >= 0.3 is 0 Å². The van der Waals surface area contributed by atoms with E-state index in [2.05, 4.69) is 26.1 Å². The van der Waals surface area contributed by atoms with Crippen molar-refractivity contribution in [3.8, 4) is 0 Å². The molecule has 1 heterocycles. The summed E-state index contributed by atoms with van der Waals surface area (Å²) in [5, 5.41) is 3.17. The monoisotopic (exact) mass is 346 g/mol. The Hall–Kier alpha value is -1.39. The summed E-state index contributed by atoms with van der Waals surface area (Å²) in [7, 11) is 0. The smallest absolute Gasteiger partial charge is 0.240 e. The lowest BCUT2D eigenvalue weighted by molar-refractivity contribution is -0.144. The van der Waals surface area contributed by atoms with Gasteiger partial charge in [-0.2, -0.15) is 0 Å². The maximum Gasteiger partial charge on any atom is 0.240 e. The van der Waals surface area contributed by atoms with Gasteiger partial charge in [-0.05, 0) is 48.9 Å². The van der Waals surface area contributed by atoms with Crippen LogP contribution in [0.3, 0.4) is 0 Å². The molecule has 4 fully saturated rings. The standard InChI is InChI=1S/C20H30N2O3/c1-19(2)12-8-9-20(19,3)15(10-12)21-16(23)11-22-17(24)13-6-4-5-7-14(13)18(22)25/h12-15H,4-11H2,1-3H3,(H,21,23). The topological polar surface area (TPSA) is 66.5 Å². The first kappa shape index (κ1) is 17.0. The first-order valence-electron chi connectivity index (χ1n) is 9.90. The molecule has 5 unspecified atom stereocenters. The number of nitrogens with one attached hydrogen (secondary N) is 1. The van der Waals surface area contributed by atoms with Gasteiger partial charge in [0.2, 0.25) is 17.7 Å². The highest BCUT2D eigenvalue weighted by atomic mass is 16.2. The number of likely N-dealkylation sites (tertiary alicyclic amines) is 1. The number of nitrogens with zero attached hydrogens (tertiary/aromatic N) is 1. The Kier molecular flexibility index (Phi) is 3.79. The fourth-order valence-corrected chi connectivity index (χ4v) is 6.19. The third-order valence-corrected chi connectivity index (χ3v) is 8.36. The van der Waals surface area contributed by atoms with E-state index in [0.29, 0.717) is 5.92 Å². The Balaban J connectivity index is 1.42. The van der Waals surface area contributed by atoms with E-state index in [1.54, 1.807) is 0 Å². The van der Waals surface area contributed by atoms with Gasteiger partial charge in [-0.1, -0.05) is 33.6 Å². The van der Waals surface area contributed by atoms with Crippen molar-refractivity contribution in [3.63, 3.8) is 0 Å². The molecule has 4 rings (SSSR count). The molecule has 3 amide bonds. The Morgan fingerprint density at radius 2 is 1.68 bits per heavy atom. The Morgan fingerprint density at radius 3 is 2.16 bits per heavy atom. The highest BCUT2D eigenvalue weighted by molar-refractivity contribution is 6.07. The number of hydrogen-bond donors (Lipinski definition) is 1. The van der Waals surface area contributed by atoms with Gasteiger partial charge in [0.1, 0.15) is 6.54 Å². The minimum absolute atomic E-state index is 0.0949. The summed E-state index contributed by atoms with van der Waals surface area (Å²) in [5.41, 5.74) is 0.347. The molecule has 0 aromatic carbocycles. The summed E-state index contributed by atoms with van der Waals surface area (Å²) in [6.45, 7) is 6.82. The van der Waals surface area contributed by atoms with Gasteiger partial charge in [-0.25, -0.2) is 0 Å². The number of carbonyl (C=O) groups excluding carboxylic acids is 3. The van der Waals surface area contributed by atoms with Crippen LogP contribution in [0.15, 0.2) is 0 Å². The zero-order valence-corrected chi connectivity index (χ0v) is 15.6. The van der Waals surface area contributed by atoms with E-state index in [-0.39, 0.29) is 53.0 Å². The molecule has 5 nitrogen and oxygen atoms in total. The van der Waals surface area contributed by atoms with Gasteiger partial charge in [-0.15, -0.1) is 0 Å². The van der Waals surface area contributed by atoms with Crippen molar-refractivity contribution in [1.29, 1.82) is 0 Å². The van der Waals surface area contributed by atoms with Crippen LogP contribution in [0.4, 0.5) is 0 Å². The average molecular weight is 346 g/mol. The molecule has 2 bridgehead atoms. The average Bonchev–Trinajstić information content (AvgIpc) is 3.02. The van der Waals surface area contributed by atoms with Crippen LogP contribution in [0.5, 0.6) is 0 Å². The number of carbonyl (C=O) groups is 3. The van der Waals surface area contributed by atoms with Gasteiger partial charge in [-0.3, -0.25) is 19.3 Å². The normalized spacial score (nSPS) is 42.0. The van der Waals surface area contributed by atoms with Crippen molar-refractivity contribution < 1.29 is 14.4 Å². The Labute approximate surface area is 149 Å². The highest BCUT2D eigenvalue weighted by Crippen LogP contribution is 2.65. The fraction of sp³-hybridized carbons (Fsp3) is 0.850. The molecule has 138 valence electrons. The van der Waals surface area contributed by atoms with Crippen LogP contribution >= 0.6 is 0 Å². The predicted molar refractivity (Wildman–Crippen MR) is 93.3 cm³/mol. The summed E-state index contributed by atoms with van der Waals surface area (Å²) in [6.07, 6.45) is 7.01. The van der Waals surface area contributed by atoms with Crippen molar-refractivity contribution in [2.45, 2.75) is 71.8 Å². The summed E-state index contributed by atoms with van der Waals surface area (Å²) in [6, 6.07) is 0.156. The van der Waals surface area contributed by atoms with Crippen LogP contribution in [0, 0.1) is 28.6 Å². The van der Waals surface area contributed by atoms with E-state index in [1.807, 2.05) is 0 Å². The molecule has 0 aromatic heterocycles. The van der Waals surface area contributed by atoms with Crippen molar-refractivity contribution >= 4 is 17.7 Å². The van der Waals surface area contributed by atoms with Gasteiger partial charge < -0.3 is 5.32 Å². The van der Waals surface area contributed by atoms with Crippen LogP contribution in [-0.2, 0) is 14.4 Å². The molecule has 4 aliphatic rings. The molecule has 0 aromatic rings. The van der Waals surface area contributed by atoms with E-state index in [4.69, 9.17) is 0 Å². The third-order valence-electron chi connectivity index (χ3n) is 8.36. The fourth-order valence-electron chi connectivity index (χ4n) is 6.19. The predicted octanol–water partition coefficient (Wildman–Crippen LogP) is 2.49. The summed E-state index contributed by atoms with van der Waals surface area (Å²) >= 11 is 0. The molecule has 1 aliphatic heterocycles. The maximum atomic E-state index is 12.6. The van der Waals surface area contributed by atoms with Crippen molar-refractivity contribution in [3.05, 3.63) is 0 Å². The SMILES string of the molecule is CC1(C)C2CCC1(C)C(NC(=O)CN1C(=O)C3CCCCC3C1=O)C2. The van der Waals surface area contributed by atoms with E-state index < -0.39 is 0 Å². The molecular formula is C20H30N2O3. The minimum Gasteiger partial charge on any atom is -0.351 e. The van der Waals surface area contributed by atoms with Gasteiger partial charge in [0.05, 0.1) is 11.8 Å². The van der Waals surface area contributed by atoms with E-state index in [1.165, 1.54) is 11.3 Å².